The number of hydrogen-bond acceptors (Lipinski definition) is 4. The van der Waals surface area contributed by atoms with E-state index < -0.39 is 0 Å². The van der Waals surface area contributed by atoms with Crippen LogP contribution < -0.4 is 5.32 Å². The molecule has 0 atom stereocenters. The smallest absolute Gasteiger partial charge is 0.236 e. The largest absolute Gasteiger partial charge is 0.444 e. The lowest BCUT2D eigenvalue weighted by atomic mass is 10.2. The molecule has 0 aliphatic heterocycles. The van der Waals surface area contributed by atoms with Crippen molar-refractivity contribution in [2.45, 2.75) is 19.9 Å². The molecule has 0 aromatic carbocycles. The van der Waals surface area contributed by atoms with Gasteiger partial charge in [0.15, 0.2) is 0 Å². The number of aromatic nitrogens is 1. The lowest BCUT2D eigenvalue weighted by Crippen LogP contribution is -2.04. The van der Waals surface area contributed by atoms with Crippen molar-refractivity contribution >= 4 is 11.3 Å². The molecule has 0 bridgehead atoms. The van der Waals surface area contributed by atoms with Crippen molar-refractivity contribution in [3.63, 3.8) is 0 Å². The zero-order valence-corrected chi connectivity index (χ0v) is 9.73. The van der Waals surface area contributed by atoms with E-state index in [1.165, 1.54) is 5.56 Å². The molecule has 0 unspecified atom stereocenters. The van der Waals surface area contributed by atoms with Crippen LogP contribution >= 0.6 is 11.3 Å². The fourth-order valence-electron chi connectivity index (χ4n) is 1.48. The number of rotatable bonds is 4. The molecule has 0 spiro atoms. The van der Waals surface area contributed by atoms with Crippen LogP contribution in [0.5, 0.6) is 0 Å². The van der Waals surface area contributed by atoms with Crippen LogP contribution in [0.4, 0.5) is 0 Å². The first-order valence-corrected chi connectivity index (χ1v) is 5.88. The molecule has 0 fully saturated rings. The van der Waals surface area contributed by atoms with Crippen LogP contribution in [0.1, 0.15) is 18.2 Å². The van der Waals surface area contributed by atoms with Gasteiger partial charge in [0.25, 0.3) is 0 Å². The van der Waals surface area contributed by atoms with E-state index in [-0.39, 0.29) is 0 Å². The second-order valence-corrected chi connectivity index (χ2v) is 4.22. The van der Waals surface area contributed by atoms with Crippen molar-refractivity contribution in [2.75, 3.05) is 7.05 Å². The highest BCUT2D eigenvalue weighted by atomic mass is 32.1. The molecule has 0 aliphatic rings. The third-order valence-corrected chi connectivity index (χ3v) is 3.18. The SMILES string of the molecule is CCc1ccsc1-c1nc(CNC)co1. The lowest BCUT2D eigenvalue weighted by molar-refractivity contribution is 0.572. The highest BCUT2D eigenvalue weighted by molar-refractivity contribution is 7.13. The average Bonchev–Trinajstić information content (AvgIpc) is 2.84. The van der Waals surface area contributed by atoms with Gasteiger partial charge in [-0.25, -0.2) is 4.98 Å². The molecule has 0 saturated heterocycles. The summed E-state index contributed by atoms with van der Waals surface area (Å²) < 4.78 is 5.46. The Morgan fingerprint density at radius 3 is 3.13 bits per heavy atom. The minimum atomic E-state index is 0.743. The van der Waals surface area contributed by atoms with Crippen molar-refractivity contribution in [3.8, 4) is 10.8 Å². The maximum atomic E-state index is 5.46. The van der Waals surface area contributed by atoms with E-state index in [2.05, 4.69) is 28.7 Å². The summed E-state index contributed by atoms with van der Waals surface area (Å²) >= 11 is 1.68. The van der Waals surface area contributed by atoms with E-state index in [9.17, 15) is 0 Å². The summed E-state index contributed by atoms with van der Waals surface area (Å²) in [6, 6.07) is 2.13. The monoisotopic (exact) mass is 222 g/mol. The second-order valence-electron chi connectivity index (χ2n) is 3.30. The molecule has 0 aliphatic carbocycles. The van der Waals surface area contributed by atoms with Gasteiger partial charge in [-0.05, 0) is 30.5 Å². The number of hydrogen-bond donors (Lipinski definition) is 1. The Hall–Kier alpha value is -1.13. The van der Waals surface area contributed by atoms with Crippen molar-refractivity contribution < 1.29 is 4.42 Å². The molecule has 15 heavy (non-hydrogen) atoms. The average molecular weight is 222 g/mol. The number of aryl methyl sites for hydroxylation is 1. The Bertz CT molecular complexity index is 433. The van der Waals surface area contributed by atoms with Crippen LogP contribution in [0.3, 0.4) is 0 Å². The predicted octanol–water partition coefficient (Wildman–Crippen LogP) is 2.68. The van der Waals surface area contributed by atoms with E-state index in [0.717, 1.165) is 29.4 Å². The molecule has 2 aromatic heterocycles. The van der Waals surface area contributed by atoms with Crippen LogP contribution in [0.15, 0.2) is 22.1 Å². The third-order valence-electron chi connectivity index (χ3n) is 2.23. The van der Waals surface area contributed by atoms with Gasteiger partial charge in [0.1, 0.15) is 6.26 Å². The number of nitrogens with zero attached hydrogens (tertiary/aromatic N) is 1. The van der Waals surface area contributed by atoms with Crippen LogP contribution in [0.25, 0.3) is 10.8 Å². The molecule has 80 valence electrons. The summed E-state index contributed by atoms with van der Waals surface area (Å²) in [5, 5.41) is 5.13. The highest BCUT2D eigenvalue weighted by Gasteiger charge is 2.11. The quantitative estimate of drug-likeness (QED) is 0.864. The number of nitrogens with one attached hydrogen (secondary N) is 1. The number of thiophene rings is 1. The Morgan fingerprint density at radius 1 is 1.53 bits per heavy atom. The summed E-state index contributed by atoms with van der Waals surface area (Å²) in [4.78, 5) is 5.58. The first-order valence-electron chi connectivity index (χ1n) is 5.01. The minimum Gasteiger partial charge on any atom is -0.444 e. The van der Waals surface area contributed by atoms with Crippen molar-refractivity contribution in [2.24, 2.45) is 0 Å². The Kier molecular flexibility index (Phi) is 3.18. The van der Waals surface area contributed by atoms with E-state index in [1.807, 2.05) is 7.05 Å². The van der Waals surface area contributed by atoms with Crippen molar-refractivity contribution in [1.29, 1.82) is 0 Å². The fraction of sp³-hybridized carbons (Fsp3) is 0.364. The summed E-state index contributed by atoms with van der Waals surface area (Å²) in [5.41, 5.74) is 2.25. The van der Waals surface area contributed by atoms with Crippen LogP contribution in [0, 0.1) is 0 Å². The van der Waals surface area contributed by atoms with Crippen molar-refractivity contribution in [3.05, 3.63) is 29.0 Å². The van der Waals surface area contributed by atoms with E-state index >= 15 is 0 Å². The van der Waals surface area contributed by atoms with Crippen LogP contribution in [-0.4, -0.2) is 12.0 Å². The van der Waals surface area contributed by atoms with Crippen LogP contribution in [0.2, 0.25) is 0 Å². The summed E-state index contributed by atoms with van der Waals surface area (Å²) in [5.74, 6) is 0.743. The summed E-state index contributed by atoms with van der Waals surface area (Å²) in [6.45, 7) is 2.89. The molecule has 0 saturated carbocycles. The van der Waals surface area contributed by atoms with Gasteiger partial charge in [0, 0.05) is 6.54 Å². The highest BCUT2D eigenvalue weighted by Crippen LogP contribution is 2.29. The molecule has 2 aromatic rings. The van der Waals surface area contributed by atoms with Gasteiger partial charge in [-0.15, -0.1) is 11.3 Å². The Balaban J connectivity index is 2.28. The maximum absolute atomic E-state index is 5.46. The van der Waals surface area contributed by atoms with Gasteiger partial charge in [-0.2, -0.15) is 0 Å². The Morgan fingerprint density at radius 2 is 2.40 bits per heavy atom. The van der Waals surface area contributed by atoms with E-state index in [1.54, 1.807) is 17.6 Å². The molecule has 2 heterocycles. The summed E-state index contributed by atoms with van der Waals surface area (Å²) in [6.07, 6.45) is 2.73. The van der Waals surface area contributed by atoms with Gasteiger partial charge in [-0.3, -0.25) is 0 Å². The Labute approximate surface area is 93.2 Å². The topological polar surface area (TPSA) is 38.1 Å². The van der Waals surface area contributed by atoms with Gasteiger partial charge < -0.3 is 9.73 Å². The minimum absolute atomic E-state index is 0.743. The van der Waals surface area contributed by atoms with Crippen LogP contribution in [-0.2, 0) is 13.0 Å². The lowest BCUT2D eigenvalue weighted by Gasteiger charge is -1.94. The van der Waals surface area contributed by atoms with Gasteiger partial charge >= 0.3 is 0 Å². The van der Waals surface area contributed by atoms with Crippen molar-refractivity contribution in [1.82, 2.24) is 10.3 Å². The molecule has 2 rings (SSSR count). The molecule has 4 heteroatoms. The first kappa shape index (κ1) is 10.4. The molecule has 0 radical (unpaired) electrons. The zero-order valence-electron chi connectivity index (χ0n) is 8.91. The third kappa shape index (κ3) is 2.11. The van der Waals surface area contributed by atoms with E-state index in [0.29, 0.717) is 0 Å². The molecule has 1 N–H and O–H groups in total. The predicted molar refractivity (Wildman–Crippen MR) is 62.0 cm³/mol. The molecular formula is C11H14N2OS. The second kappa shape index (κ2) is 4.59. The first-order chi connectivity index (χ1) is 7.35. The van der Waals surface area contributed by atoms with Gasteiger partial charge in [0.2, 0.25) is 5.89 Å². The molecular weight excluding hydrogens is 208 g/mol. The van der Waals surface area contributed by atoms with Gasteiger partial charge in [-0.1, -0.05) is 6.92 Å². The standard InChI is InChI=1S/C11H14N2OS/c1-3-8-4-5-15-10(8)11-13-9(6-12-2)7-14-11/h4-5,7,12H,3,6H2,1-2H3. The maximum Gasteiger partial charge on any atom is 0.236 e. The van der Waals surface area contributed by atoms with Gasteiger partial charge in [0.05, 0.1) is 10.6 Å². The number of oxazole rings is 1. The zero-order chi connectivity index (χ0) is 10.7. The fourth-order valence-corrected chi connectivity index (χ4v) is 2.40. The molecule has 3 nitrogen and oxygen atoms in total. The normalized spacial score (nSPS) is 10.8. The van der Waals surface area contributed by atoms with E-state index in [4.69, 9.17) is 4.42 Å². The summed E-state index contributed by atoms with van der Waals surface area (Å²) in [7, 11) is 1.90. The molecule has 0 amide bonds.